The molecule has 288 valence electrons. The number of carbonyl (C=O) groups is 2. The van der Waals surface area contributed by atoms with Crippen LogP contribution in [0.2, 0.25) is 0 Å². The zero-order valence-electron chi connectivity index (χ0n) is 32.3. The lowest BCUT2D eigenvalue weighted by Gasteiger charge is -2.47. The second kappa shape index (κ2) is 15.6. The third-order valence-corrected chi connectivity index (χ3v) is 13.5. The minimum atomic E-state index is -1.63. The minimum Gasteiger partial charge on any atom is -0.489 e. The van der Waals surface area contributed by atoms with Crippen LogP contribution in [0.5, 0.6) is 5.75 Å². The van der Waals surface area contributed by atoms with Crippen molar-refractivity contribution in [3.8, 4) is 5.75 Å². The fourth-order valence-electron chi connectivity index (χ4n) is 10.2. The van der Waals surface area contributed by atoms with Crippen LogP contribution in [0.3, 0.4) is 0 Å². The van der Waals surface area contributed by atoms with Gasteiger partial charge >= 0.3 is 0 Å². The molecule has 3 aliphatic heterocycles. The normalized spacial score (nSPS) is 27.5. The Bertz CT molecular complexity index is 1770. The number of aryl methyl sites for hydroxylation is 2. The molecule has 2 aliphatic carbocycles. The van der Waals surface area contributed by atoms with Crippen LogP contribution in [0.1, 0.15) is 81.4 Å². The van der Waals surface area contributed by atoms with Gasteiger partial charge in [-0.2, -0.15) is 9.97 Å². The van der Waals surface area contributed by atoms with Gasteiger partial charge in [-0.05, 0) is 93.0 Å². The second-order valence-corrected chi connectivity index (χ2v) is 16.9. The van der Waals surface area contributed by atoms with Crippen LogP contribution in [0.25, 0.3) is 0 Å². The average Bonchev–Trinajstić information content (AvgIpc) is 3.97. The van der Waals surface area contributed by atoms with Gasteiger partial charge in [-0.25, -0.2) is 0 Å². The van der Waals surface area contributed by atoms with Crippen LogP contribution in [0, 0.1) is 24.2 Å². The first-order chi connectivity index (χ1) is 26.2. The summed E-state index contributed by atoms with van der Waals surface area (Å²) in [5, 5.41) is 12.3. The lowest BCUT2D eigenvalue weighted by atomic mass is 9.58. The number of carbonyl (C=O) groups excluding carboxylic acids is 2. The molecule has 1 N–H and O–H groups in total. The summed E-state index contributed by atoms with van der Waals surface area (Å²) >= 11 is 0. The van der Waals surface area contributed by atoms with E-state index in [4.69, 9.17) is 14.7 Å². The van der Waals surface area contributed by atoms with Gasteiger partial charge in [0.25, 0.3) is 0 Å². The van der Waals surface area contributed by atoms with Crippen molar-refractivity contribution >= 4 is 29.2 Å². The lowest BCUT2D eigenvalue weighted by Crippen LogP contribution is -2.57. The summed E-state index contributed by atoms with van der Waals surface area (Å²) in [5.41, 5.74) is 1.19. The maximum atomic E-state index is 14.2. The molecule has 0 spiro atoms. The first-order valence-corrected chi connectivity index (χ1v) is 20.6. The van der Waals surface area contributed by atoms with Crippen LogP contribution in [0.15, 0.2) is 54.6 Å². The number of aliphatic hydroxyl groups is 1. The molecule has 5 aliphatic rings. The van der Waals surface area contributed by atoms with Gasteiger partial charge in [0, 0.05) is 76.2 Å². The van der Waals surface area contributed by atoms with Gasteiger partial charge in [0.05, 0.1) is 6.54 Å². The van der Waals surface area contributed by atoms with Gasteiger partial charge in [-0.15, -0.1) is 0 Å². The monoisotopic (exact) mass is 734 g/mol. The van der Waals surface area contributed by atoms with Crippen LogP contribution in [0.4, 0.5) is 17.6 Å². The van der Waals surface area contributed by atoms with Gasteiger partial charge in [0.2, 0.25) is 5.95 Å². The molecule has 10 nitrogen and oxygen atoms in total. The molecule has 3 saturated heterocycles. The minimum absolute atomic E-state index is 0.0610. The predicted molar refractivity (Wildman–Crippen MR) is 212 cm³/mol. The molecule has 10 heteroatoms. The molecule has 1 aromatic heterocycles. The summed E-state index contributed by atoms with van der Waals surface area (Å²) in [6.07, 6.45) is 8.93. The van der Waals surface area contributed by atoms with E-state index in [9.17, 15) is 14.7 Å². The highest BCUT2D eigenvalue weighted by Gasteiger charge is 2.66. The van der Waals surface area contributed by atoms with E-state index in [0.29, 0.717) is 26.1 Å². The van der Waals surface area contributed by atoms with Crippen molar-refractivity contribution < 1.29 is 19.4 Å². The van der Waals surface area contributed by atoms with E-state index in [1.807, 2.05) is 31.2 Å². The fourth-order valence-corrected chi connectivity index (χ4v) is 10.2. The largest absolute Gasteiger partial charge is 0.489 e. The van der Waals surface area contributed by atoms with Gasteiger partial charge in [-0.3, -0.25) is 14.5 Å². The molecular formula is C44H58N6O4. The Kier molecular flexibility index (Phi) is 10.7. The van der Waals surface area contributed by atoms with E-state index < -0.39 is 11.0 Å². The van der Waals surface area contributed by atoms with Crippen LogP contribution >= 0.6 is 0 Å². The van der Waals surface area contributed by atoms with Crippen molar-refractivity contribution in [2.45, 2.75) is 90.3 Å². The Morgan fingerprint density at radius 1 is 0.852 bits per heavy atom. The molecule has 2 saturated carbocycles. The van der Waals surface area contributed by atoms with E-state index in [-0.39, 0.29) is 36.4 Å². The lowest BCUT2D eigenvalue weighted by molar-refractivity contribution is -0.157. The van der Waals surface area contributed by atoms with E-state index in [1.165, 1.54) is 36.8 Å². The highest BCUT2D eigenvalue weighted by Crippen LogP contribution is 2.59. The van der Waals surface area contributed by atoms with Crippen molar-refractivity contribution in [3.05, 3.63) is 71.3 Å². The number of anilines is 3. The van der Waals surface area contributed by atoms with Crippen molar-refractivity contribution in [1.82, 2.24) is 14.9 Å². The Labute approximate surface area is 320 Å². The number of rotatable bonds is 12. The average molecular weight is 735 g/mol. The van der Waals surface area contributed by atoms with E-state index in [2.05, 4.69) is 56.9 Å². The molecule has 4 heterocycles. The number of Topliss-reactive ketones (excluding diaryl/α,β-unsaturated/α-hetero) is 2. The summed E-state index contributed by atoms with van der Waals surface area (Å²) in [7, 11) is 0. The Balaban J connectivity index is 0.896. The molecule has 5 fully saturated rings. The number of nitrogens with zero attached hydrogens (tertiary/aromatic N) is 6. The third kappa shape index (κ3) is 7.36. The zero-order valence-corrected chi connectivity index (χ0v) is 32.3. The number of hydrogen-bond acceptors (Lipinski definition) is 10. The Morgan fingerprint density at radius 3 is 2.22 bits per heavy atom. The topological polar surface area (TPSA) is 102 Å². The third-order valence-electron chi connectivity index (χ3n) is 13.5. The van der Waals surface area contributed by atoms with Gasteiger partial charge in [0.15, 0.2) is 5.78 Å². The van der Waals surface area contributed by atoms with Crippen molar-refractivity contribution in [1.29, 1.82) is 0 Å². The number of ketones is 2. The standard InChI is InChI=1S/C44H58N6O4/c1-32-14-17-36(54-31-33-11-4-3-5-12-33)27-35(32)16-15-34-13-10-18-43(2)41(34)37(51)29-44(43,53)38(52)30-47-23-25-49(26-24-47)40-28-39(48-19-6-7-20-48)45-42(46-40)50-21-8-9-22-50/h3-5,11-12,14,17,27-28,34,41,53H,6-10,13,15-16,18-26,29-31H2,1-2H3/t34?,41?,43?,44-/m1/s1. The molecule has 3 aromatic rings. The molecule has 0 amide bonds. The zero-order chi connectivity index (χ0) is 37.3. The molecule has 0 bridgehead atoms. The Morgan fingerprint density at radius 2 is 1.52 bits per heavy atom. The van der Waals surface area contributed by atoms with Crippen molar-refractivity contribution in [3.63, 3.8) is 0 Å². The number of piperazine rings is 1. The first-order valence-electron chi connectivity index (χ1n) is 20.6. The van der Waals surface area contributed by atoms with Gasteiger partial charge in [0.1, 0.15) is 35.4 Å². The number of hydrogen-bond donors (Lipinski definition) is 1. The second-order valence-electron chi connectivity index (χ2n) is 16.9. The highest BCUT2D eigenvalue weighted by molar-refractivity contribution is 6.00. The maximum absolute atomic E-state index is 14.2. The summed E-state index contributed by atoms with van der Waals surface area (Å²) in [6.45, 7) is 11.8. The van der Waals surface area contributed by atoms with Gasteiger partial charge in [-0.1, -0.05) is 49.7 Å². The maximum Gasteiger partial charge on any atom is 0.229 e. The summed E-state index contributed by atoms with van der Waals surface area (Å²) in [6, 6.07) is 18.6. The van der Waals surface area contributed by atoms with Crippen molar-refractivity contribution in [2.75, 3.05) is 73.6 Å². The summed E-state index contributed by atoms with van der Waals surface area (Å²) < 4.78 is 6.13. The highest BCUT2D eigenvalue weighted by atomic mass is 16.5. The van der Waals surface area contributed by atoms with Crippen LogP contribution in [-0.4, -0.2) is 96.0 Å². The summed E-state index contributed by atoms with van der Waals surface area (Å²) in [4.78, 5) is 47.3. The molecule has 3 unspecified atom stereocenters. The number of fused-ring (bicyclic) bond motifs is 1. The van der Waals surface area contributed by atoms with E-state index in [1.54, 1.807) is 0 Å². The van der Waals surface area contributed by atoms with Crippen molar-refractivity contribution in [2.24, 2.45) is 17.3 Å². The summed E-state index contributed by atoms with van der Waals surface area (Å²) in [5.74, 6) is 3.37. The van der Waals surface area contributed by atoms with E-state index >= 15 is 0 Å². The number of benzene rings is 2. The van der Waals surface area contributed by atoms with E-state index in [0.717, 1.165) is 93.8 Å². The van der Waals surface area contributed by atoms with Gasteiger partial charge < -0.3 is 24.5 Å². The van der Waals surface area contributed by atoms with Crippen LogP contribution < -0.4 is 19.4 Å². The number of ether oxygens (including phenoxy) is 1. The SMILES string of the molecule is Cc1ccc(OCc2ccccc2)cc1CCC1CCCC2(C)C1C(=O)C[C@@]2(O)C(=O)CN1CCN(c2cc(N3CCCC3)nc(N3CCCC3)n2)CC1. The quantitative estimate of drug-likeness (QED) is 0.238. The molecule has 54 heavy (non-hydrogen) atoms. The fraction of sp³-hybridized carbons (Fsp3) is 0.591. The van der Waals surface area contributed by atoms with Crippen LogP contribution in [-0.2, 0) is 22.6 Å². The molecule has 4 atom stereocenters. The molecular weight excluding hydrogens is 677 g/mol. The Hall–Kier alpha value is -4.02. The number of aromatic nitrogens is 2. The smallest absolute Gasteiger partial charge is 0.229 e. The first kappa shape index (κ1) is 36.9. The predicted octanol–water partition coefficient (Wildman–Crippen LogP) is 6.01. The molecule has 8 rings (SSSR count). The molecule has 2 aromatic carbocycles. The molecule has 0 radical (unpaired) electrons.